The third kappa shape index (κ3) is 2.73. The summed E-state index contributed by atoms with van der Waals surface area (Å²) in [4.78, 5) is 15.7. The van der Waals surface area contributed by atoms with E-state index in [-0.39, 0.29) is 17.8 Å². The molecule has 5 heteroatoms. The van der Waals surface area contributed by atoms with E-state index < -0.39 is 0 Å². The molecular formula is C13H13FN2OS. The maximum absolute atomic E-state index is 13.4. The Hall–Kier alpha value is -1.75. The maximum Gasteiger partial charge on any atom is 0.271 e. The van der Waals surface area contributed by atoms with Gasteiger partial charge in [0, 0.05) is 5.38 Å². The zero-order valence-electron chi connectivity index (χ0n) is 10.1. The van der Waals surface area contributed by atoms with Crippen molar-refractivity contribution in [2.75, 3.05) is 0 Å². The molecule has 1 amide bonds. The summed E-state index contributed by atoms with van der Waals surface area (Å²) in [7, 11) is 0. The Kier molecular flexibility index (Phi) is 3.72. The number of carbonyl (C=O) groups excluding carboxylic acids is 1. The van der Waals surface area contributed by atoms with Crippen LogP contribution in [0.5, 0.6) is 0 Å². The molecule has 0 fully saturated rings. The van der Waals surface area contributed by atoms with Gasteiger partial charge in [0.2, 0.25) is 0 Å². The lowest BCUT2D eigenvalue weighted by Crippen LogP contribution is -2.26. The number of nitrogens with one attached hydrogen (secondary N) is 1. The zero-order valence-corrected chi connectivity index (χ0v) is 10.9. The van der Waals surface area contributed by atoms with Gasteiger partial charge < -0.3 is 5.32 Å². The van der Waals surface area contributed by atoms with Crippen LogP contribution in [0, 0.1) is 12.7 Å². The molecule has 0 aliphatic heterocycles. The SMILES string of the molecule is Cc1ccc(C(C)NC(=O)c2cscn2)cc1F. The van der Waals surface area contributed by atoms with E-state index in [1.165, 1.54) is 17.4 Å². The highest BCUT2D eigenvalue weighted by Crippen LogP contribution is 2.16. The molecule has 0 aliphatic carbocycles. The number of hydrogen-bond donors (Lipinski definition) is 1. The summed E-state index contributed by atoms with van der Waals surface area (Å²) >= 11 is 1.36. The Morgan fingerprint density at radius 2 is 2.28 bits per heavy atom. The van der Waals surface area contributed by atoms with Gasteiger partial charge in [-0.05, 0) is 31.0 Å². The molecule has 2 aromatic rings. The highest BCUT2D eigenvalue weighted by atomic mass is 32.1. The topological polar surface area (TPSA) is 42.0 Å². The second-order valence-corrected chi connectivity index (χ2v) is 4.80. The van der Waals surface area contributed by atoms with Gasteiger partial charge in [-0.2, -0.15) is 0 Å². The van der Waals surface area contributed by atoms with Crippen molar-refractivity contribution in [3.8, 4) is 0 Å². The summed E-state index contributed by atoms with van der Waals surface area (Å²) in [6.07, 6.45) is 0. The zero-order chi connectivity index (χ0) is 13.1. The van der Waals surface area contributed by atoms with Crippen LogP contribution in [0.1, 0.15) is 34.6 Å². The number of aromatic nitrogens is 1. The van der Waals surface area contributed by atoms with Crippen LogP contribution in [-0.2, 0) is 0 Å². The average Bonchev–Trinajstić information content (AvgIpc) is 2.86. The molecule has 0 bridgehead atoms. The van der Waals surface area contributed by atoms with Gasteiger partial charge in [0.05, 0.1) is 11.6 Å². The summed E-state index contributed by atoms with van der Waals surface area (Å²) in [5.41, 5.74) is 3.32. The summed E-state index contributed by atoms with van der Waals surface area (Å²) < 4.78 is 13.4. The van der Waals surface area contributed by atoms with Crippen molar-refractivity contribution < 1.29 is 9.18 Å². The van der Waals surface area contributed by atoms with E-state index in [1.54, 1.807) is 23.9 Å². The normalized spacial score (nSPS) is 12.2. The monoisotopic (exact) mass is 264 g/mol. The molecule has 0 saturated heterocycles. The summed E-state index contributed by atoms with van der Waals surface area (Å²) in [6.45, 7) is 3.52. The van der Waals surface area contributed by atoms with E-state index in [9.17, 15) is 9.18 Å². The van der Waals surface area contributed by atoms with Crippen molar-refractivity contribution in [1.29, 1.82) is 0 Å². The van der Waals surface area contributed by atoms with Crippen LogP contribution in [-0.4, -0.2) is 10.9 Å². The van der Waals surface area contributed by atoms with Crippen LogP contribution in [0.15, 0.2) is 29.1 Å². The fourth-order valence-corrected chi connectivity index (χ4v) is 2.09. The molecule has 0 radical (unpaired) electrons. The molecule has 2 rings (SSSR count). The van der Waals surface area contributed by atoms with E-state index in [0.717, 1.165) is 5.56 Å². The van der Waals surface area contributed by atoms with Crippen molar-refractivity contribution in [2.24, 2.45) is 0 Å². The van der Waals surface area contributed by atoms with Gasteiger partial charge in [0.15, 0.2) is 0 Å². The smallest absolute Gasteiger partial charge is 0.271 e. The van der Waals surface area contributed by atoms with Gasteiger partial charge in [-0.15, -0.1) is 11.3 Å². The molecule has 0 aliphatic rings. The van der Waals surface area contributed by atoms with Crippen LogP contribution in [0.4, 0.5) is 4.39 Å². The van der Waals surface area contributed by atoms with Crippen LogP contribution in [0.2, 0.25) is 0 Å². The highest BCUT2D eigenvalue weighted by molar-refractivity contribution is 7.07. The number of hydrogen-bond acceptors (Lipinski definition) is 3. The summed E-state index contributed by atoms with van der Waals surface area (Å²) in [5.74, 6) is -0.507. The minimum Gasteiger partial charge on any atom is -0.344 e. The van der Waals surface area contributed by atoms with E-state index in [4.69, 9.17) is 0 Å². The van der Waals surface area contributed by atoms with Gasteiger partial charge in [0.1, 0.15) is 11.5 Å². The van der Waals surface area contributed by atoms with Crippen LogP contribution in [0.3, 0.4) is 0 Å². The minimum atomic E-state index is -0.262. The highest BCUT2D eigenvalue weighted by Gasteiger charge is 2.13. The number of thiazole rings is 1. The predicted molar refractivity (Wildman–Crippen MR) is 69.1 cm³/mol. The Bertz CT molecular complexity index is 554. The predicted octanol–water partition coefficient (Wildman–Crippen LogP) is 3.08. The maximum atomic E-state index is 13.4. The lowest BCUT2D eigenvalue weighted by molar-refractivity contribution is 0.0935. The Morgan fingerprint density at radius 3 is 2.89 bits per heavy atom. The lowest BCUT2D eigenvalue weighted by Gasteiger charge is -2.14. The van der Waals surface area contributed by atoms with Crippen LogP contribution in [0.25, 0.3) is 0 Å². The average molecular weight is 264 g/mol. The number of carbonyl (C=O) groups is 1. The van der Waals surface area contributed by atoms with Crippen LogP contribution >= 0.6 is 11.3 Å². The van der Waals surface area contributed by atoms with Crippen molar-refractivity contribution >= 4 is 17.2 Å². The van der Waals surface area contributed by atoms with E-state index in [1.807, 2.05) is 13.0 Å². The van der Waals surface area contributed by atoms with Gasteiger partial charge in [-0.3, -0.25) is 4.79 Å². The van der Waals surface area contributed by atoms with Crippen LogP contribution < -0.4 is 5.32 Å². The second-order valence-electron chi connectivity index (χ2n) is 4.08. The van der Waals surface area contributed by atoms with Crippen molar-refractivity contribution in [1.82, 2.24) is 10.3 Å². The molecular weight excluding hydrogens is 251 g/mol. The number of rotatable bonds is 3. The molecule has 94 valence electrons. The fraction of sp³-hybridized carbons (Fsp3) is 0.231. The summed E-state index contributed by atoms with van der Waals surface area (Å²) in [6, 6.07) is 4.70. The van der Waals surface area contributed by atoms with Crippen molar-refractivity contribution in [3.05, 3.63) is 51.7 Å². The molecule has 0 spiro atoms. The van der Waals surface area contributed by atoms with Crippen molar-refractivity contribution in [3.63, 3.8) is 0 Å². The first-order valence-corrected chi connectivity index (χ1v) is 6.47. The number of nitrogens with zero attached hydrogens (tertiary/aromatic N) is 1. The minimum absolute atomic E-state index is 0.246. The molecule has 1 unspecified atom stereocenters. The molecule has 1 heterocycles. The van der Waals surface area contributed by atoms with Gasteiger partial charge in [-0.25, -0.2) is 9.37 Å². The molecule has 1 aromatic heterocycles. The Morgan fingerprint density at radius 1 is 1.50 bits per heavy atom. The first-order chi connectivity index (χ1) is 8.58. The standard InChI is InChI=1S/C13H13FN2OS/c1-8-3-4-10(5-11(8)14)9(2)16-13(17)12-6-18-7-15-12/h3-7,9H,1-2H3,(H,16,17). The van der Waals surface area contributed by atoms with Crippen molar-refractivity contribution in [2.45, 2.75) is 19.9 Å². The fourth-order valence-electron chi connectivity index (χ4n) is 1.56. The quantitative estimate of drug-likeness (QED) is 0.925. The Balaban J connectivity index is 2.10. The molecule has 0 saturated carbocycles. The molecule has 18 heavy (non-hydrogen) atoms. The number of benzene rings is 1. The molecule has 1 N–H and O–H groups in total. The van der Waals surface area contributed by atoms with Gasteiger partial charge in [-0.1, -0.05) is 12.1 Å². The third-order valence-electron chi connectivity index (χ3n) is 2.71. The summed E-state index contributed by atoms with van der Waals surface area (Å²) in [5, 5.41) is 4.46. The number of aryl methyl sites for hydroxylation is 1. The largest absolute Gasteiger partial charge is 0.344 e. The Labute approximate surface area is 109 Å². The van der Waals surface area contributed by atoms with E-state index in [2.05, 4.69) is 10.3 Å². The lowest BCUT2D eigenvalue weighted by atomic mass is 10.1. The van der Waals surface area contributed by atoms with Gasteiger partial charge >= 0.3 is 0 Å². The second kappa shape index (κ2) is 5.27. The molecule has 3 nitrogen and oxygen atoms in total. The first-order valence-electron chi connectivity index (χ1n) is 5.53. The number of halogens is 1. The van der Waals surface area contributed by atoms with E-state index >= 15 is 0 Å². The third-order valence-corrected chi connectivity index (χ3v) is 3.29. The molecule has 1 aromatic carbocycles. The van der Waals surface area contributed by atoms with E-state index in [0.29, 0.717) is 11.3 Å². The number of amides is 1. The molecule has 1 atom stereocenters. The first kappa shape index (κ1) is 12.7. The van der Waals surface area contributed by atoms with Gasteiger partial charge in [0.25, 0.3) is 5.91 Å².